The first kappa shape index (κ1) is 24.0. The largest absolute Gasteiger partial charge is 0.459 e. The molecule has 0 saturated carbocycles. The molecule has 8 heteroatoms. The highest BCUT2D eigenvalue weighted by atomic mass is 32.2. The Kier molecular flexibility index (Phi) is 7.84. The molecule has 0 aromatic heterocycles. The zero-order valence-electron chi connectivity index (χ0n) is 18.4. The summed E-state index contributed by atoms with van der Waals surface area (Å²) >= 11 is 0. The molecule has 172 valence electrons. The van der Waals surface area contributed by atoms with Crippen LogP contribution >= 0.6 is 0 Å². The van der Waals surface area contributed by atoms with E-state index in [1.165, 1.54) is 31.2 Å². The van der Waals surface area contributed by atoms with Crippen LogP contribution in [0, 0.1) is 6.92 Å². The van der Waals surface area contributed by atoms with E-state index in [0.29, 0.717) is 5.56 Å². The van der Waals surface area contributed by atoms with Crippen LogP contribution in [0.2, 0.25) is 0 Å². The van der Waals surface area contributed by atoms with Gasteiger partial charge in [-0.15, -0.1) is 0 Å². The maximum Gasteiger partial charge on any atom is 0.339 e. The van der Waals surface area contributed by atoms with Gasteiger partial charge >= 0.3 is 16.1 Å². The Bertz CT molecular complexity index is 1190. The van der Waals surface area contributed by atoms with Gasteiger partial charge < -0.3 is 14.2 Å². The van der Waals surface area contributed by atoms with Gasteiger partial charge in [-0.1, -0.05) is 60.2 Å². The molecule has 1 amide bonds. The molecule has 0 radical (unpaired) electrons. The van der Waals surface area contributed by atoms with Gasteiger partial charge in [0.25, 0.3) is 0 Å². The van der Waals surface area contributed by atoms with Crippen LogP contribution in [0.4, 0.5) is 0 Å². The molecule has 1 atom stereocenters. The van der Waals surface area contributed by atoms with Gasteiger partial charge in [-0.25, -0.2) is 4.79 Å². The number of aryl methyl sites for hydroxylation is 1. The summed E-state index contributed by atoms with van der Waals surface area (Å²) in [5, 5.41) is 2.60. The van der Waals surface area contributed by atoms with Gasteiger partial charge in [0.05, 0.1) is 0 Å². The average Bonchev–Trinajstić information content (AvgIpc) is 2.79. The molecule has 0 unspecified atom stereocenters. The van der Waals surface area contributed by atoms with Crippen LogP contribution in [0.1, 0.15) is 23.6 Å². The van der Waals surface area contributed by atoms with E-state index in [-0.39, 0.29) is 29.6 Å². The third kappa shape index (κ3) is 7.18. The third-order valence-electron chi connectivity index (χ3n) is 4.76. The molecule has 1 N–H and O–H groups in total. The van der Waals surface area contributed by atoms with Crippen molar-refractivity contribution in [3.05, 3.63) is 95.6 Å². The summed E-state index contributed by atoms with van der Waals surface area (Å²) in [6.45, 7) is 3.28. The van der Waals surface area contributed by atoms with Crippen LogP contribution in [0.15, 0.2) is 83.8 Å². The van der Waals surface area contributed by atoms with E-state index in [2.05, 4.69) is 5.32 Å². The maximum absolute atomic E-state index is 12.6. The third-order valence-corrected chi connectivity index (χ3v) is 6.03. The topological polar surface area (TPSA) is 98.8 Å². The summed E-state index contributed by atoms with van der Waals surface area (Å²) in [4.78, 5) is 24.2. The molecule has 3 aromatic carbocycles. The molecular weight excluding hydrogens is 442 g/mol. The lowest BCUT2D eigenvalue weighted by Gasteiger charge is -2.17. The first-order chi connectivity index (χ1) is 15.7. The van der Waals surface area contributed by atoms with E-state index in [1.807, 2.05) is 37.3 Å². The number of hydrogen-bond acceptors (Lipinski definition) is 6. The van der Waals surface area contributed by atoms with Crippen LogP contribution in [0.3, 0.4) is 0 Å². The number of nitrogens with one attached hydrogen (secondary N) is 1. The van der Waals surface area contributed by atoms with Gasteiger partial charge in [-0.3, -0.25) is 4.79 Å². The molecule has 0 bridgehead atoms. The van der Waals surface area contributed by atoms with Crippen LogP contribution in [-0.4, -0.2) is 26.3 Å². The van der Waals surface area contributed by atoms with Crippen LogP contribution in [0.25, 0.3) is 0 Å². The molecule has 3 aromatic rings. The number of benzene rings is 3. The highest BCUT2D eigenvalue weighted by molar-refractivity contribution is 7.87. The summed E-state index contributed by atoms with van der Waals surface area (Å²) < 4.78 is 35.4. The van der Waals surface area contributed by atoms with Crippen molar-refractivity contribution in [2.45, 2.75) is 37.8 Å². The summed E-state index contributed by atoms with van der Waals surface area (Å²) in [5.74, 6) is -0.779. The molecule has 0 saturated heterocycles. The highest BCUT2D eigenvalue weighted by Crippen LogP contribution is 2.20. The predicted molar refractivity (Wildman–Crippen MR) is 123 cm³/mol. The summed E-state index contributed by atoms with van der Waals surface area (Å²) in [6, 6.07) is 21.0. The quantitative estimate of drug-likeness (QED) is 0.382. The molecule has 7 nitrogen and oxygen atoms in total. The van der Waals surface area contributed by atoms with Gasteiger partial charge in [0.1, 0.15) is 23.3 Å². The lowest BCUT2D eigenvalue weighted by atomic mass is 10.1. The number of rotatable bonds is 9. The monoisotopic (exact) mass is 467 g/mol. The number of esters is 1. The molecule has 0 fully saturated rings. The molecule has 0 aliphatic carbocycles. The number of carbonyl (C=O) groups is 2. The number of amides is 1. The number of ether oxygens (including phenoxy) is 1. The van der Waals surface area contributed by atoms with Crippen LogP contribution < -0.4 is 9.50 Å². The zero-order valence-corrected chi connectivity index (χ0v) is 19.2. The molecule has 0 aliphatic rings. The first-order valence-corrected chi connectivity index (χ1v) is 11.7. The molecule has 33 heavy (non-hydrogen) atoms. The molecule has 0 spiro atoms. The zero-order chi connectivity index (χ0) is 23.8. The van der Waals surface area contributed by atoms with Crippen molar-refractivity contribution in [3.8, 4) is 5.75 Å². The lowest BCUT2D eigenvalue weighted by Crippen LogP contribution is -2.42. The Labute approximate surface area is 193 Å². The second-order valence-corrected chi connectivity index (χ2v) is 9.09. The van der Waals surface area contributed by atoms with Crippen LogP contribution in [0.5, 0.6) is 5.75 Å². The normalized spacial score (nSPS) is 11.9. The van der Waals surface area contributed by atoms with Crippen molar-refractivity contribution >= 4 is 22.0 Å². The minimum absolute atomic E-state index is 0.0593. The Hall–Kier alpha value is -3.65. The standard InChI is InChI=1S/C25H25NO6S/c1-18-8-14-23(15-9-18)33(29,30)32-22-12-10-20(11-13-22)16-24(26-19(2)27)25(28)31-17-21-6-4-3-5-7-21/h3-15,24H,16-17H2,1-2H3,(H,26,27)/t24-/m0/s1. The molecule has 3 rings (SSSR count). The van der Waals surface area contributed by atoms with Gasteiger partial charge in [0.2, 0.25) is 5.91 Å². The Morgan fingerprint density at radius 3 is 2.12 bits per heavy atom. The van der Waals surface area contributed by atoms with Gasteiger partial charge in [-0.2, -0.15) is 8.42 Å². The first-order valence-electron chi connectivity index (χ1n) is 10.3. The van der Waals surface area contributed by atoms with Gasteiger partial charge in [0.15, 0.2) is 0 Å². The van der Waals surface area contributed by atoms with E-state index in [0.717, 1.165) is 11.1 Å². The van der Waals surface area contributed by atoms with E-state index in [1.54, 1.807) is 24.3 Å². The van der Waals surface area contributed by atoms with Crippen molar-refractivity contribution in [1.82, 2.24) is 5.32 Å². The number of carbonyl (C=O) groups excluding carboxylic acids is 2. The summed E-state index contributed by atoms with van der Waals surface area (Å²) in [6.07, 6.45) is 0.179. The minimum Gasteiger partial charge on any atom is -0.459 e. The molecule has 0 heterocycles. The lowest BCUT2D eigenvalue weighted by molar-refractivity contribution is -0.149. The van der Waals surface area contributed by atoms with Crippen molar-refractivity contribution in [2.75, 3.05) is 0 Å². The van der Waals surface area contributed by atoms with E-state index >= 15 is 0 Å². The fourth-order valence-corrected chi connectivity index (χ4v) is 3.99. The Morgan fingerprint density at radius 2 is 1.52 bits per heavy atom. The Balaban J connectivity index is 1.65. The minimum atomic E-state index is -3.96. The summed E-state index contributed by atoms with van der Waals surface area (Å²) in [5.41, 5.74) is 2.48. The van der Waals surface area contributed by atoms with E-state index < -0.39 is 22.1 Å². The van der Waals surface area contributed by atoms with Crippen molar-refractivity contribution in [2.24, 2.45) is 0 Å². The van der Waals surface area contributed by atoms with Gasteiger partial charge in [-0.05, 0) is 42.3 Å². The van der Waals surface area contributed by atoms with Crippen LogP contribution in [-0.2, 0) is 37.5 Å². The Morgan fingerprint density at radius 1 is 0.879 bits per heavy atom. The van der Waals surface area contributed by atoms with Crippen molar-refractivity contribution in [3.63, 3.8) is 0 Å². The molecule has 0 aliphatic heterocycles. The van der Waals surface area contributed by atoms with E-state index in [4.69, 9.17) is 8.92 Å². The summed E-state index contributed by atoms with van der Waals surface area (Å²) in [7, 11) is -3.96. The van der Waals surface area contributed by atoms with E-state index in [9.17, 15) is 18.0 Å². The fraction of sp³-hybridized carbons (Fsp3) is 0.200. The van der Waals surface area contributed by atoms with Gasteiger partial charge in [0, 0.05) is 13.3 Å². The number of hydrogen-bond donors (Lipinski definition) is 1. The predicted octanol–water partition coefficient (Wildman–Crippen LogP) is 3.55. The van der Waals surface area contributed by atoms with Crippen molar-refractivity contribution < 1.29 is 26.9 Å². The SMILES string of the molecule is CC(=O)N[C@@H](Cc1ccc(OS(=O)(=O)c2ccc(C)cc2)cc1)C(=O)OCc1ccccc1. The van der Waals surface area contributed by atoms with Crippen molar-refractivity contribution in [1.29, 1.82) is 0 Å². The maximum atomic E-state index is 12.6. The highest BCUT2D eigenvalue weighted by Gasteiger charge is 2.22. The molecular formula is C25H25NO6S. The average molecular weight is 468 g/mol. The fourth-order valence-electron chi connectivity index (χ4n) is 3.06. The second-order valence-electron chi connectivity index (χ2n) is 7.55. The second kappa shape index (κ2) is 10.8. The smallest absolute Gasteiger partial charge is 0.339 e.